The smallest absolute Gasteiger partial charge is 0.217 e. The largest absolute Gasteiger partial charge is 0.365 e. The van der Waals surface area contributed by atoms with Crippen LogP contribution in [0.25, 0.3) is 0 Å². The van der Waals surface area contributed by atoms with E-state index in [0.29, 0.717) is 5.57 Å². The maximum atomic E-state index is 12.0. The minimum Gasteiger partial charge on any atom is -0.365 e. The molecular weight excluding hydrogens is 374 g/mol. The fourth-order valence-corrected chi connectivity index (χ4v) is 4.48. The highest BCUT2D eigenvalue weighted by molar-refractivity contribution is 5.71. The second-order valence-electron chi connectivity index (χ2n) is 7.82. The van der Waals surface area contributed by atoms with Crippen LogP contribution in [0.4, 0.5) is 0 Å². The maximum absolute atomic E-state index is 12.0. The molecule has 30 heavy (non-hydrogen) atoms. The van der Waals surface area contributed by atoms with Crippen LogP contribution in [0, 0.1) is 40.9 Å². The Morgan fingerprint density at radius 2 is 1.87 bits per heavy atom. The molecule has 3 atom stereocenters. The molecule has 0 saturated heterocycles. The van der Waals surface area contributed by atoms with Gasteiger partial charge < -0.3 is 10.4 Å². The van der Waals surface area contributed by atoms with E-state index in [1.165, 1.54) is 0 Å². The van der Waals surface area contributed by atoms with Crippen LogP contribution in [0.1, 0.15) is 36.1 Å². The first-order valence-electron chi connectivity index (χ1n) is 9.91. The number of nitrogens with one attached hydrogen (secondary N) is 2. The lowest BCUT2D eigenvalue weighted by Gasteiger charge is -2.43. The van der Waals surface area contributed by atoms with Gasteiger partial charge in [0.25, 0.3) is 0 Å². The average molecular weight is 396 g/mol. The summed E-state index contributed by atoms with van der Waals surface area (Å²) in [6.45, 7) is 1.97. The fourth-order valence-electron chi connectivity index (χ4n) is 4.48. The van der Waals surface area contributed by atoms with Crippen molar-refractivity contribution >= 4 is 5.87 Å². The summed E-state index contributed by atoms with van der Waals surface area (Å²) in [5.74, 6) is 1.61. The molecule has 6 heteroatoms. The van der Waals surface area contributed by atoms with Crippen LogP contribution in [0.3, 0.4) is 0 Å². The van der Waals surface area contributed by atoms with Gasteiger partial charge in [-0.3, -0.25) is 5.41 Å². The molecule has 4 rings (SSSR count). The Kier molecular flexibility index (Phi) is 4.98. The molecule has 1 aliphatic carbocycles. The zero-order valence-electron chi connectivity index (χ0n) is 16.6. The van der Waals surface area contributed by atoms with E-state index in [1.54, 1.807) is 0 Å². The number of aromatic nitrogens is 1. The third kappa shape index (κ3) is 3.09. The summed E-state index contributed by atoms with van der Waals surface area (Å²) < 4.78 is 2.01. The highest BCUT2D eigenvalue weighted by Crippen LogP contribution is 2.52. The zero-order valence-corrected chi connectivity index (χ0v) is 16.6. The number of hydrogen-bond acceptors (Lipinski definition) is 5. The summed E-state index contributed by atoms with van der Waals surface area (Å²) in [4.78, 5) is 0. The standard InChI is InChI=1S/C24H22N5O/c1-16-7-5-6-12-29(16)23-21(17-8-3-2-4-9-17)20(15-27)22(18(13-25)14-26)28-24(23,30)19-10-11-19/h2-9,12,19,21,23,25,28,30H,10-11H2,1H3/q+1/t21-,23+,24+/m0/s1. The van der Waals surface area contributed by atoms with Gasteiger partial charge in [-0.05, 0) is 24.3 Å². The summed E-state index contributed by atoms with van der Waals surface area (Å²) in [5, 5.41) is 42.4. The number of hydrogen-bond donors (Lipinski definition) is 3. The summed E-state index contributed by atoms with van der Waals surface area (Å²) in [7, 11) is 0. The Balaban J connectivity index is 2.06. The molecule has 2 aromatic rings. The van der Waals surface area contributed by atoms with E-state index in [0.717, 1.165) is 24.1 Å². The maximum Gasteiger partial charge on any atom is 0.217 e. The molecule has 2 heterocycles. The first-order chi connectivity index (χ1) is 14.5. The first kappa shape index (κ1) is 19.6. The van der Waals surface area contributed by atoms with Crippen molar-refractivity contribution in [2.75, 3.05) is 0 Å². The second-order valence-corrected chi connectivity index (χ2v) is 7.82. The summed E-state index contributed by atoms with van der Waals surface area (Å²) >= 11 is 0. The average Bonchev–Trinajstić information content (AvgIpc) is 3.62. The van der Waals surface area contributed by atoms with E-state index >= 15 is 0 Å². The Morgan fingerprint density at radius 1 is 1.17 bits per heavy atom. The Hall–Kier alpha value is -3.70. The molecule has 0 bridgehead atoms. The molecule has 0 amide bonds. The molecule has 1 aromatic carbocycles. The molecule has 0 spiro atoms. The number of nitrogens with zero attached hydrogens (tertiary/aromatic N) is 3. The minimum absolute atomic E-state index is 0.0262. The number of rotatable bonds is 4. The number of allylic oxidation sites excluding steroid dienone is 2. The van der Waals surface area contributed by atoms with E-state index in [1.807, 2.05) is 72.3 Å². The van der Waals surface area contributed by atoms with Crippen molar-refractivity contribution < 1.29 is 9.67 Å². The predicted octanol–water partition coefficient (Wildman–Crippen LogP) is 2.79. The normalized spacial score (nSPS) is 25.5. The number of aliphatic hydroxyl groups is 1. The number of pyridine rings is 1. The van der Waals surface area contributed by atoms with Gasteiger partial charge in [0, 0.05) is 25.0 Å². The van der Waals surface area contributed by atoms with Crippen molar-refractivity contribution in [2.45, 2.75) is 37.5 Å². The number of benzene rings is 1. The molecule has 6 nitrogen and oxygen atoms in total. The lowest BCUT2D eigenvalue weighted by Crippen LogP contribution is -2.66. The van der Waals surface area contributed by atoms with Crippen LogP contribution >= 0.6 is 0 Å². The summed E-state index contributed by atoms with van der Waals surface area (Å²) in [6.07, 6.45) is 3.61. The molecule has 148 valence electrons. The molecule has 2 aliphatic rings. The third-order valence-electron chi connectivity index (χ3n) is 6.04. The Labute approximate surface area is 175 Å². The molecular formula is C24H22N5O+. The predicted molar refractivity (Wildman–Crippen MR) is 110 cm³/mol. The number of nitriles is 2. The van der Waals surface area contributed by atoms with Gasteiger partial charge in [0.15, 0.2) is 11.9 Å². The Morgan fingerprint density at radius 3 is 2.43 bits per heavy atom. The SMILES string of the molecule is Cc1cccc[n+]1[C@@H]1[C@@H](c2ccccc2)C(C#N)=C(C(=C=N)C#N)N[C@@]1(O)C1CC1. The quantitative estimate of drug-likeness (QED) is 0.419. The van der Waals surface area contributed by atoms with E-state index < -0.39 is 17.7 Å². The summed E-state index contributed by atoms with van der Waals surface area (Å²) in [6, 6.07) is 19.1. The van der Waals surface area contributed by atoms with Crippen LogP contribution in [0.5, 0.6) is 0 Å². The molecule has 0 radical (unpaired) electrons. The van der Waals surface area contributed by atoms with Gasteiger partial charge >= 0.3 is 0 Å². The first-order valence-corrected chi connectivity index (χ1v) is 9.91. The highest BCUT2D eigenvalue weighted by Gasteiger charge is 2.61. The van der Waals surface area contributed by atoms with Crippen LogP contribution in [-0.4, -0.2) is 16.7 Å². The third-order valence-corrected chi connectivity index (χ3v) is 6.04. The van der Waals surface area contributed by atoms with Crippen LogP contribution < -0.4 is 9.88 Å². The van der Waals surface area contributed by atoms with Gasteiger partial charge in [-0.1, -0.05) is 36.4 Å². The van der Waals surface area contributed by atoms with Gasteiger partial charge in [-0.2, -0.15) is 15.1 Å². The van der Waals surface area contributed by atoms with Gasteiger partial charge in [-0.25, -0.2) is 0 Å². The molecule has 1 fully saturated rings. The van der Waals surface area contributed by atoms with Gasteiger partial charge in [0.2, 0.25) is 11.8 Å². The molecule has 1 aromatic heterocycles. The van der Waals surface area contributed by atoms with E-state index in [-0.39, 0.29) is 17.2 Å². The molecule has 1 aliphatic heterocycles. The van der Waals surface area contributed by atoms with Crippen molar-refractivity contribution in [3.8, 4) is 12.1 Å². The fraction of sp³-hybridized carbons (Fsp3) is 0.292. The van der Waals surface area contributed by atoms with Gasteiger partial charge in [-0.15, -0.1) is 0 Å². The van der Waals surface area contributed by atoms with Crippen LogP contribution in [0.2, 0.25) is 0 Å². The molecule has 3 N–H and O–H groups in total. The van der Waals surface area contributed by atoms with E-state index in [4.69, 9.17) is 5.41 Å². The van der Waals surface area contributed by atoms with Gasteiger partial charge in [0.05, 0.1) is 23.3 Å². The second kappa shape index (κ2) is 7.61. The topological polar surface area (TPSA) is 108 Å². The van der Waals surface area contributed by atoms with Crippen molar-refractivity contribution in [1.82, 2.24) is 5.32 Å². The van der Waals surface area contributed by atoms with E-state index in [2.05, 4.69) is 17.3 Å². The van der Waals surface area contributed by atoms with Crippen LogP contribution in [0.15, 0.2) is 71.6 Å². The monoisotopic (exact) mass is 396 g/mol. The van der Waals surface area contributed by atoms with Crippen molar-refractivity contribution in [1.29, 1.82) is 15.9 Å². The van der Waals surface area contributed by atoms with Crippen LogP contribution in [-0.2, 0) is 0 Å². The zero-order chi connectivity index (χ0) is 21.3. The molecule has 1 saturated carbocycles. The highest BCUT2D eigenvalue weighted by atomic mass is 16.3. The van der Waals surface area contributed by atoms with Crippen molar-refractivity contribution in [2.24, 2.45) is 5.92 Å². The molecule has 0 unspecified atom stereocenters. The lowest BCUT2D eigenvalue weighted by molar-refractivity contribution is -0.747. The minimum atomic E-state index is -1.38. The number of aryl methyl sites for hydroxylation is 1. The van der Waals surface area contributed by atoms with Crippen molar-refractivity contribution in [3.63, 3.8) is 0 Å². The van der Waals surface area contributed by atoms with E-state index in [9.17, 15) is 15.6 Å². The summed E-state index contributed by atoms with van der Waals surface area (Å²) in [5.41, 5.74) is 0.877. The van der Waals surface area contributed by atoms with Gasteiger partial charge in [0.1, 0.15) is 11.6 Å². The Bertz CT molecular complexity index is 1150. The van der Waals surface area contributed by atoms with Crippen molar-refractivity contribution in [3.05, 3.63) is 82.8 Å². The lowest BCUT2D eigenvalue weighted by atomic mass is 9.73.